The minimum atomic E-state index is 0. The fourth-order valence-electron chi connectivity index (χ4n) is 0. The number of nitrogens with two attached hydrogens (primary N) is 1. The second-order valence-electron chi connectivity index (χ2n) is 0.977. The summed E-state index contributed by atoms with van der Waals surface area (Å²) >= 11 is 0. The quantitative estimate of drug-likeness (QED) is 0.532. The van der Waals surface area contributed by atoms with Gasteiger partial charge < -0.3 is 20.1 Å². The molecule has 0 saturated heterocycles. The van der Waals surface area contributed by atoms with E-state index in [4.69, 9.17) is 5.73 Å². The molecule has 0 bridgehead atoms. The van der Waals surface area contributed by atoms with Crippen LogP contribution in [0.25, 0.3) is 0 Å². The van der Waals surface area contributed by atoms with E-state index < -0.39 is 0 Å². The van der Waals surface area contributed by atoms with E-state index >= 15 is 0 Å². The molecule has 2 N–H and O–H groups in total. The summed E-state index contributed by atoms with van der Waals surface area (Å²) in [6.07, 6.45) is 0. The maximum absolute atomic E-state index is 5.00. The first-order valence-corrected chi connectivity index (χ1v) is 1.32. The van der Waals surface area contributed by atoms with Gasteiger partial charge in [0.1, 0.15) is 0 Å². The average Bonchev–Trinajstić information content (AvgIpc) is 0.811. The first-order chi connectivity index (χ1) is 1.73. The van der Waals surface area contributed by atoms with Crippen LogP contribution in [0.15, 0.2) is 0 Å². The maximum atomic E-state index is 5.00. The van der Waals surface area contributed by atoms with Gasteiger partial charge in [-0.25, -0.2) is 0 Å². The molecule has 1 unspecified atom stereocenters. The number of rotatable bonds is 0. The minimum absolute atomic E-state index is 0. The largest absolute Gasteiger partial charge is 2.00 e. The summed E-state index contributed by atoms with van der Waals surface area (Å²) in [5.74, 6) is 0. The zero-order valence-electron chi connectivity index (χ0n) is 4.31. The molecule has 1 atom stereocenters. The summed E-state index contributed by atoms with van der Waals surface area (Å²) in [5.41, 5.74) is 5.00. The molecule has 0 aliphatic rings. The Balaban J connectivity index is -0.00000000750. The smallest absolute Gasteiger partial charge is 0.358 e. The van der Waals surface area contributed by atoms with Crippen LogP contribution in [0.1, 0.15) is 21.8 Å². The molecular weight excluding hydrogens is 137 g/mol. The molecule has 0 heterocycles. The molecule has 1 radical (unpaired) electrons. The number of hydrogen-bond donors (Lipinski definition) is 1. The minimum Gasteiger partial charge on any atom is -0.358 e. The zero-order valence-corrected chi connectivity index (χ0v) is 5.71. The van der Waals surface area contributed by atoms with Gasteiger partial charge >= 0.3 is 18.6 Å². The van der Waals surface area contributed by atoms with Gasteiger partial charge in [-0.1, -0.05) is 21.8 Å². The molecule has 8 heavy (non-hydrogen) atoms. The molecule has 2 heteroatoms. The Kier molecular flexibility index (Phi) is 124. The third-order valence-electron chi connectivity index (χ3n) is 0. The molecule has 0 aliphatic heterocycles. The Labute approximate surface area is 66.9 Å². The van der Waals surface area contributed by atoms with Crippen molar-refractivity contribution in [1.29, 1.82) is 0 Å². The first kappa shape index (κ1) is 38.7. The van der Waals surface area contributed by atoms with Crippen molar-refractivity contribution in [2.24, 2.45) is 5.73 Å². The molecule has 0 aromatic carbocycles. The predicted molar refractivity (Wildman–Crippen MR) is 38.9 cm³/mol. The third kappa shape index (κ3) is 679. The van der Waals surface area contributed by atoms with Gasteiger partial charge in [0.2, 0.25) is 0 Å². The van der Waals surface area contributed by atoms with Crippen LogP contribution in [0.5, 0.6) is 0 Å². The molecule has 0 rings (SSSR count). The van der Waals surface area contributed by atoms with E-state index in [0.29, 0.717) is 0 Å². The van der Waals surface area contributed by atoms with Crippen LogP contribution >= 0.6 is 0 Å². The van der Waals surface area contributed by atoms with Crippen molar-refractivity contribution < 1.29 is 18.6 Å². The van der Waals surface area contributed by atoms with Crippen LogP contribution in [0.2, 0.25) is 0 Å². The summed E-state index contributed by atoms with van der Waals surface area (Å²) < 4.78 is 0. The molecule has 0 amide bonds. The molecule has 0 aliphatic carbocycles. The maximum Gasteiger partial charge on any atom is 2.00 e. The van der Waals surface area contributed by atoms with E-state index in [2.05, 4.69) is 6.92 Å². The fraction of sp³-hybridized carbons (Fsp3) is 0.667. The van der Waals surface area contributed by atoms with Crippen LogP contribution < -0.4 is 5.73 Å². The van der Waals surface area contributed by atoms with E-state index in [-0.39, 0.29) is 46.9 Å². The molecule has 0 aromatic rings. The molecule has 53 valence electrons. The van der Waals surface area contributed by atoms with Gasteiger partial charge in [0.05, 0.1) is 0 Å². The van der Waals surface area contributed by atoms with Gasteiger partial charge in [0.25, 0.3) is 0 Å². The third-order valence-corrected chi connectivity index (χ3v) is 0. The summed E-state index contributed by atoms with van der Waals surface area (Å²) in [7, 11) is 0. The van der Waals surface area contributed by atoms with Gasteiger partial charge in [0.15, 0.2) is 0 Å². The SMILES string of the molecule is C.C.[CH2-]C(C)N.[CH3-].[V+2]. The first-order valence-electron chi connectivity index (χ1n) is 1.32. The zero-order chi connectivity index (χ0) is 3.58. The van der Waals surface area contributed by atoms with Crippen molar-refractivity contribution in [3.05, 3.63) is 14.4 Å². The molecule has 0 aromatic heterocycles. The molecule has 1 nitrogen and oxygen atoms in total. The van der Waals surface area contributed by atoms with Gasteiger partial charge in [-0.15, -0.1) is 6.04 Å². The Morgan fingerprint density at radius 2 is 1.38 bits per heavy atom. The Bertz CT molecular complexity index is 13.2. The van der Waals surface area contributed by atoms with Crippen LogP contribution in [0.3, 0.4) is 0 Å². The molecule has 0 saturated carbocycles. The summed E-state index contributed by atoms with van der Waals surface area (Å²) in [6.45, 7) is 5.25. The van der Waals surface area contributed by atoms with Crippen LogP contribution in [-0.2, 0) is 18.6 Å². The van der Waals surface area contributed by atoms with Gasteiger partial charge in [0, 0.05) is 0 Å². The van der Waals surface area contributed by atoms with Crippen molar-refractivity contribution in [1.82, 2.24) is 0 Å². The van der Waals surface area contributed by atoms with Crippen molar-refractivity contribution in [3.63, 3.8) is 0 Å². The normalized spacial score (nSPS) is 7.88. The summed E-state index contributed by atoms with van der Waals surface area (Å²) in [4.78, 5) is 0. The number of hydrogen-bond acceptors (Lipinski definition) is 1. The van der Waals surface area contributed by atoms with Crippen LogP contribution in [-0.4, -0.2) is 6.04 Å². The van der Waals surface area contributed by atoms with Crippen LogP contribution in [0.4, 0.5) is 0 Å². The van der Waals surface area contributed by atoms with Crippen molar-refractivity contribution >= 4 is 0 Å². The fourth-order valence-corrected chi connectivity index (χ4v) is 0. The summed E-state index contributed by atoms with van der Waals surface area (Å²) in [5, 5.41) is 0. The summed E-state index contributed by atoms with van der Waals surface area (Å²) in [6, 6.07) is 0.0833. The van der Waals surface area contributed by atoms with E-state index in [0.717, 1.165) is 0 Å². The van der Waals surface area contributed by atoms with E-state index in [1.165, 1.54) is 0 Å². The van der Waals surface area contributed by atoms with Crippen molar-refractivity contribution in [3.8, 4) is 0 Å². The van der Waals surface area contributed by atoms with E-state index in [1.807, 2.05) is 6.92 Å². The van der Waals surface area contributed by atoms with E-state index in [9.17, 15) is 0 Å². The monoisotopic (exact) mass is 156 g/mol. The van der Waals surface area contributed by atoms with Gasteiger partial charge in [-0.2, -0.15) is 0 Å². The van der Waals surface area contributed by atoms with Crippen molar-refractivity contribution in [2.45, 2.75) is 27.8 Å². The Morgan fingerprint density at radius 1 is 1.38 bits per heavy atom. The average molecular weight is 156 g/mol. The van der Waals surface area contributed by atoms with Gasteiger partial charge in [-0.05, 0) is 0 Å². The molecule has 0 fully saturated rings. The standard InChI is InChI=1S/C3H8N.2CH4.CH3.V/c1-3(2)4;;;;/h3H,1,4H2,2H3;2*1H4;1H3;/q-1;;;-1;+2. The van der Waals surface area contributed by atoms with Gasteiger partial charge in [-0.3, -0.25) is 0 Å². The molecular formula is C6H19NV. The van der Waals surface area contributed by atoms with Crippen LogP contribution in [0, 0.1) is 14.4 Å². The second-order valence-corrected chi connectivity index (χ2v) is 0.977. The van der Waals surface area contributed by atoms with E-state index in [1.54, 1.807) is 0 Å². The topological polar surface area (TPSA) is 26.0 Å². The van der Waals surface area contributed by atoms with Crippen molar-refractivity contribution in [2.75, 3.05) is 0 Å². The Hall–Kier alpha value is 0.544. The Morgan fingerprint density at radius 3 is 1.38 bits per heavy atom. The second kappa shape index (κ2) is 25.7. The predicted octanol–water partition coefficient (Wildman–Crippen LogP) is 1.89. The molecule has 0 spiro atoms.